The molecule has 27 heavy (non-hydrogen) atoms. The smallest absolute Gasteiger partial charge is 0.337 e. The number of hydrogen-bond acceptors (Lipinski definition) is 4. The Labute approximate surface area is 157 Å². The minimum Gasteiger partial charge on any atom is -0.465 e. The molecule has 2 amide bonds. The van der Waals surface area contributed by atoms with Crippen molar-refractivity contribution in [1.82, 2.24) is 5.32 Å². The van der Waals surface area contributed by atoms with Gasteiger partial charge in [0.2, 0.25) is 5.91 Å². The van der Waals surface area contributed by atoms with Crippen molar-refractivity contribution in [3.63, 3.8) is 0 Å². The first-order chi connectivity index (χ1) is 13.0. The second-order valence-electron chi connectivity index (χ2n) is 6.26. The molecule has 2 aromatic rings. The van der Waals surface area contributed by atoms with Gasteiger partial charge in [-0.3, -0.25) is 9.59 Å². The SMILES string of the molecule is COC(=O)c1ccc(NC(=O)/C=C/c2ccc(C(=O)NC3CC3)cc2)cc1. The minimum absolute atomic E-state index is 0.0684. The molecule has 0 heterocycles. The zero-order valence-corrected chi connectivity index (χ0v) is 14.9. The highest BCUT2D eigenvalue weighted by Gasteiger charge is 2.23. The molecule has 0 aromatic heterocycles. The third-order valence-corrected chi connectivity index (χ3v) is 4.09. The van der Waals surface area contributed by atoms with E-state index in [-0.39, 0.29) is 11.8 Å². The molecule has 0 radical (unpaired) electrons. The summed E-state index contributed by atoms with van der Waals surface area (Å²) in [5, 5.41) is 5.64. The molecule has 0 saturated heterocycles. The third-order valence-electron chi connectivity index (χ3n) is 4.09. The molecule has 6 nitrogen and oxygen atoms in total. The van der Waals surface area contributed by atoms with Crippen molar-refractivity contribution in [2.24, 2.45) is 0 Å². The van der Waals surface area contributed by atoms with Gasteiger partial charge in [0.05, 0.1) is 12.7 Å². The molecular weight excluding hydrogens is 344 g/mol. The highest BCUT2D eigenvalue weighted by Crippen LogP contribution is 2.19. The van der Waals surface area contributed by atoms with Crippen LogP contribution in [0.3, 0.4) is 0 Å². The number of benzene rings is 2. The van der Waals surface area contributed by atoms with Gasteiger partial charge in [-0.2, -0.15) is 0 Å². The fourth-order valence-corrected chi connectivity index (χ4v) is 2.41. The molecule has 1 aliphatic rings. The van der Waals surface area contributed by atoms with Crippen LogP contribution in [0.15, 0.2) is 54.6 Å². The molecule has 0 unspecified atom stereocenters. The largest absolute Gasteiger partial charge is 0.465 e. The Bertz CT molecular complexity index is 866. The van der Waals surface area contributed by atoms with Gasteiger partial charge in [-0.25, -0.2) is 4.79 Å². The summed E-state index contributed by atoms with van der Waals surface area (Å²) in [4.78, 5) is 35.3. The molecule has 0 bridgehead atoms. The van der Waals surface area contributed by atoms with Gasteiger partial charge in [0.15, 0.2) is 0 Å². The number of rotatable bonds is 6. The Balaban J connectivity index is 1.54. The van der Waals surface area contributed by atoms with Crippen molar-refractivity contribution in [3.05, 3.63) is 71.3 Å². The van der Waals surface area contributed by atoms with E-state index in [1.807, 2.05) is 0 Å². The summed E-state index contributed by atoms with van der Waals surface area (Å²) in [6.07, 6.45) is 5.17. The van der Waals surface area contributed by atoms with E-state index in [1.165, 1.54) is 13.2 Å². The van der Waals surface area contributed by atoms with E-state index in [2.05, 4.69) is 15.4 Å². The van der Waals surface area contributed by atoms with E-state index in [0.717, 1.165) is 18.4 Å². The number of amides is 2. The molecule has 1 fully saturated rings. The number of anilines is 1. The lowest BCUT2D eigenvalue weighted by molar-refractivity contribution is -0.111. The maximum Gasteiger partial charge on any atom is 0.337 e. The number of ether oxygens (including phenoxy) is 1. The van der Waals surface area contributed by atoms with Crippen molar-refractivity contribution in [1.29, 1.82) is 0 Å². The quantitative estimate of drug-likeness (QED) is 0.610. The van der Waals surface area contributed by atoms with Gasteiger partial charge < -0.3 is 15.4 Å². The molecule has 1 aliphatic carbocycles. The average molecular weight is 364 g/mol. The van der Waals surface area contributed by atoms with Crippen LogP contribution in [0, 0.1) is 0 Å². The fraction of sp³-hybridized carbons (Fsp3) is 0.190. The summed E-state index contributed by atoms with van der Waals surface area (Å²) >= 11 is 0. The summed E-state index contributed by atoms with van der Waals surface area (Å²) in [6.45, 7) is 0. The van der Waals surface area contributed by atoms with Gasteiger partial charge in [-0.05, 0) is 60.9 Å². The zero-order valence-electron chi connectivity index (χ0n) is 14.9. The lowest BCUT2D eigenvalue weighted by Gasteiger charge is -2.04. The number of carbonyl (C=O) groups excluding carboxylic acids is 3. The summed E-state index contributed by atoms with van der Waals surface area (Å²) in [6, 6.07) is 13.8. The normalized spacial score (nSPS) is 13.2. The molecule has 1 saturated carbocycles. The third kappa shape index (κ3) is 5.28. The average Bonchev–Trinajstić information content (AvgIpc) is 3.50. The topological polar surface area (TPSA) is 84.5 Å². The van der Waals surface area contributed by atoms with Gasteiger partial charge in [0.25, 0.3) is 5.91 Å². The fourth-order valence-electron chi connectivity index (χ4n) is 2.41. The zero-order chi connectivity index (χ0) is 19.2. The van der Waals surface area contributed by atoms with Crippen LogP contribution in [0.5, 0.6) is 0 Å². The molecule has 138 valence electrons. The summed E-state index contributed by atoms with van der Waals surface area (Å²) in [7, 11) is 1.31. The first kappa shape index (κ1) is 18.4. The maximum absolute atomic E-state index is 12.0. The van der Waals surface area contributed by atoms with Crippen LogP contribution in [0.25, 0.3) is 6.08 Å². The Morgan fingerprint density at radius 1 is 0.963 bits per heavy atom. The molecule has 0 atom stereocenters. The van der Waals surface area contributed by atoms with Crippen LogP contribution in [-0.2, 0) is 9.53 Å². The van der Waals surface area contributed by atoms with Gasteiger partial charge in [0, 0.05) is 23.4 Å². The highest BCUT2D eigenvalue weighted by molar-refractivity contribution is 6.02. The first-order valence-corrected chi connectivity index (χ1v) is 8.63. The summed E-state index contributed by atoms with van der Waals surface area (Å²) in [5.41, 5.74) is 2.41. The number of esters is 1. The second-order valence-corrected chi connectivity index (χ2v) is 6.26. The van der Waals surface area contributed by atoms with Crippen molar-refractivity contribution in [3.8, 4) is 0 Å². The van der Waals surface area contributed by atoms with E-state index in [1.54, 1.807) is 54.6 Å². The molecule has 0 aliphatic heterocycles. The first-order valence-electron chi connectivity index (χ1n) is 8.63. The number of carbonyl (C=O) groups is 3. The van der Waals surface area contributed by atoms with Gasteiger partial charge in [-0.1, -0.05) is 12.1 Å². The van der Waals surface area contributed by atoms with E-state index in [0.29, 0.717) is 22.9 Å². The number of methoxy groups -OCH3 is 1. The van der Waals surface area contributed by atoms with Gasteiger partial charge in [0.1, 0.15) is 0 Å². The van der Waals surface area contributed by atoms with Crippen LogP contribution in [-0.4, -0.2) is 30.9 Å². The number of hydrogen-bond donors (Lipinski definition) is 2. The highest BCUT2D eigenvalue weighted by atomic mass is 16.5. The lowest BCUT2D eigenvalue weighted by atomic mass is 10.1. The minimum atomic E-state index is -0.429. The lowest BCUT2D eigenvalue weighted by Crippen LogP contribution is -2.25. The predicted octanol–water partition coefficient (Wildman–Crippen LogP) is 3.02. The molecule has 0 spiro atoms. The van der Waals surface area contributed by atoms with Crippen molar-refractivity contribution < 1.29 is 19.1 Å². The van der Waals surface area contributed by atoms with Crippen LogP contribution >= 0.6 is 0 Å². The second kappa shape index (κ2) is 8.31. The van der Waals surface area contributed by atoms with Crippen LogP contribution < -0.4 is 10.6 Å². The summed E-state index contributed by atoms with van der Waals surface area (Å²) < 4.78 is 4.63. The Hall–Kier alpha value is -3.41. The van der Waals surface area contributed by atoms with Gasteiger partial charge >= 0.3 is 5.97 Å². The molecule has 3 rings (SSSR count). The summed E-state index contributed by atoms with van der Waals surface area (Å²) in [5.74, 6) is -0.792. The van der Waals surface area contributed by atoms with E-state index >= 15 is 0 Å². The van der Waals surface area contributed by atoms with E-state index in [4.69, 9.17) is 0 Å². The van der Waals surface area contributed by atoms with Crippen molar-refractivity contribution in [2.75, 3.05) is 12.4 Å². The van der Waals surface area contributed by atoms with Crippen molar-refractivity contribution in [2.45, 2.75) is 18.9 Å². The van der Waals surface area contributed by atoms with Crippen LogP contribution in [0.1, 0.15) is 39.1 Å². The Morgan fingerprint density at radius 2 is 1.59 bits per heavy atom. The standard InChI is InChI=1S/C21H20N2O4/c1-27-21(26)16-7-9-17(10-8-16)22-19(24)13-4-14-2-5-15(6-3-14)20(25)23-18-11-12-18/h2-10,13,18H,11-12H2,1H3,(H,22,24)(H,23,25)/b13-4+. The monoisotopic (exact) mass is 364 g/mol. The van der Waals surface area contributed by atoms with E-state index in [9.17, 15) is 14.4 Å². The van der Waals surface area contributed by atoms with E-state index < -0.39 is 5.97 Å². The molecule has 2 aromatic carbocycles. The molecular formula is C21H20N2O4. The van der Waals surface area contributed by atoms with Gasteiger partial charge in [-0.15, -0.1) is 0 Å². The van der Waals surface area contributed by atoms with Crippen LogP contribution in [0.2, 0.25) is 0 Å². The molecule has 6 heteroatoms. The maximum atomic E-state index is 12.0. The predicted molar refractivity (Wildman–Crippen MR) is 102 cm³/mol. The van der Waals surface area contributed by atoms with Crippen molar-refractivity contribution >= 4 is 29.5 Å². The Kier molecular flexibility index (Phi) is 5.66. The number of nitrogens with one attached hydrogen (secondary N) is 2. The van der Waals surface area contributed by atoms with Crippen LogP contribution in [0.4, 0.5) is 5.69 Å². The Morgan fingerprint density at radius 3 is 2.19 bits per heavy atom. The molecule has 2 N–H and O–H groups in total.